The lowest BCUT2D eigenvalue weighted by Crippen LogP contribution is -1.80. The molecule has 0 unspecified atom stereocenters. The van der Waals surface area contributed by atoms with Crippen LogP contribution in [0.2, 0.25) is 0 Å². The van der Waals surface area contributed by atoms with Crippen LogP contribution in [0.4, 0.5) is 0 Å². The summed E-state index contributed by atoms with van der Waals surface area (Å²) < 4.78 is 1.32. The van der Waals surface area contributed by atoms with Gasteiger partial charge < -0.3 is 0 Å². The van der Waals surface area contributed by atoms with Gasteiger partial charge in [0.1, 0.15) is 0 Å². The fraction of sp³-hybridized carbons (Fsp3) is 0.667. The zero-order chi connectivity index (χ0) is 14.0. The van der Waals surface area contributed by atoms with Crippen molar-refractivity contribution < 1.29 is 0 Å². The number of halogens is 1. The lowest BCUT2D eigenvalue weighted by molar-refractivity contribution is 0.614. The van der Waals surface area contributed by atoms with Crippen molar-refractivity contribution in [3.05, 3.63) is 36.5 Å². The van der Waals surface area contributed by atoms with E-state index in [0.717, 1.165) is 19.3 Å². The van der Waals surface area contributed by atoms with Crippen molar-refractivity contribution in [2.24, 2.45) is 0 Å². The maximum Gasteiger partial charge on any atom is -0.000473 e. The van der Waals surface area contributed by atoms with Crippen molar-refractivity contribution in [3.63, 3.8) is 0 Å². The molecule has 0 N–H and O–H groups in total. The molecule has 0 rings (SSSR count). The molecule has 0 aliphatic carbocycles. The largest absolute Gasteiger partial charge is 0.0885 e. The highest BCUT2D eigenvalue weighted by Gasteiger charge is 1.89. The Bertz CT molecular complexity index is 238. The maximum atomic E-state index is 2.47. The molecule has 0 spiro atoms. The predicted octanol–water partition coefficient (Wildman–Crippen LogP) is 7.01. The summed E-state index contributed by atoms with van der Waals surface area (Å²) in [6.07, 6.45) is 26.7. The molecule has 0 aromatic rings. The zero-order valence-corrected chi connectivity index (χ0v) is 14.8. The van der Waals surface area contributed by atoms with Gasteiger partial charge in [-0.3, -0.25) is 0 Å². The highest BCUT2D eigenvalue weighted by Crippen LogP contribution is 2.08. The van der Waals surface area contributed by atoms with Crippen LogP contribution in [-0.2, 0) is 0 Å². The van der Waals surface area contributed by atoms with Gasteiger partial charge in [-0.2, -0.15) is 0 Å². The zero-order valence-electron chi connectivity index (χ0n) is 12.6. The number of allylic oxidation sites excluding steroid dienone is 6. The Hall–Kier alpha value is -0.0500. The van der Waals surface area contributed by atoms with E-state index in [0.29, 0.717) is 0 Å². The van der Waals surface area contributed by atoms with Gasteiger partial charge in [0.05, 0.1) is 0 Å². The Morgan fingerprint density at radius 2 is 1.16 bits per heavy atom. The van der Waals surface area contributed by atoms with Crippen LogP contribution >= 0.6 is 22.6 Å². The Morgan fingerprint density at radius 1 is 0.632 bits per heavy atom. The Morgan fingerprint density at radius 3 is 1.79 bits per heavy atom. The van der Waals surface area contributed by atoms with E-state index in [-0.39, 0.29) is 0 Å². The molecule has 0 nitrogen and oxygen atoms in total. The first kappa shape index (κ1) is 18.9. The van der Waals surface area contributed by atoms with Gasteiger partial charge in [0.25, 0.3) is 0 Å². The Labute approximate surface area is 134 Å². The van der Waals surface area contributed by atoms with Gasteiger partial charge in [0.15, 0.2) is 0 Å². The third-order valence-electron chi connectivity index (χ3n) is 3.03. The fourth-order valence-electron chi connectivity index (χ4n) is 1.89. The molecule has 0 saturated carbocycles. The minimum absolute atomic E-state index is 1.08. The number of hydrogen-bond donors (Lipinski definition) is 0. The van der Waals surface area contributed by atoms with E-state index in [1.165, 1.54) is 49.4 Å². The van der Waals surface area contributed by atoms with Crippen molar-refractivity contribution >= 4 is 22.6 Å². The summed E-state index contributed by atoms with van der Waals surface area (Å²) >= 11 is 2.47. The molecule has 0 aliphatic heterocycles. The molecule has 19 heavy (non-hydrogen) atoms. The quantitative estimate of drug-likeness (QED) is 0.141. The van der Waals surface area contributed by atoms with Crippen molar-refractivity contribution in [2.45, 2.75) is 71.1 Å². The first-order chi connectivity index (χ1) is 9.41. The molecule has 110 valence electrons. The topological polar surface area (TPSA) is 0 Å². The van der Waals surface area contributed by atoms with Gasteiger partial charge >= 0.3 is 0 Å². The summed E-state index contributed by atoms with van der Waals surface area (Å²) in [6.45, 7) is 2.17. The number of rotatable bonds is 13. The first-order valence-electron chi connectivity index (χ1n) is 7.92. The molecule has 0 aromatic heterocycles. The molecule has 0 amide bonds. The van der Waals surface area contributed by atoms with Crippen molar-refractivity contribution in [1.29, 1.82) is 0 Å². The third kappa shape index (κ3) is 17.9. The van der Waals surface area contributed by atoms with Crippen molar-refractivity contribution in [1.82, 2.24) is 0 Å². The molecule has 1 heteroatoms. The number of unbranched alkanes of at least 4 members (excludes halogenated alkanes) is 6. The van der Waals surface area contributed by atoms with Crippen LogP contribution in [0.3, 0.4) is 0 Å². The van der Waals surface area contributed by atoms with Gasteiger partial charge in [-0.1, -0.05) is 91.7 Å². The summed E-state index contributed by atoms with van der Waals surface area (Å²) in [5.41, 5.74) is 0. The Balaban J connectivity index is 3.19. The maximum absolute atomic E-state index is 2.47. The molecule has 0 atom stereocenters. The highest BCUT2D eigenvalue weighted by molar-refractivity contribution is 14.1. The van der Waals surface area contributed by atoms with Crippen LogP contribution < -0.4 is 0 Å². The van der Waals surface area contributed by atoms with Crippen LogP contribution in [0.1, 0.15) is 71.1 Å². The average Bonchev–Trinajstić information content (AvgIpc) is 2.43. The van der Waals surface area contributed by atoms with Gasteiger partial charge in [0, 0.05) is 0 Å². The highest BCUT2D eigenvalue weighted by atomic mass is 127. The van der Waals surface area contributed by atoms with Crippen LogP contribution in [0.15, 0.2) is 36.5 Å². The lowest BCUT2D eigenvalue weighted by atomic mass is 10.1. The molecular weight excluding hydrogens is 343 g/mol. The van der Waals surface area contributed by atoms with E-state index in [1.54, 1.807) is 0 Å². The molecule has 0 bridgehead atoms. The lowest BCUT2D eigenvalue weighted by Gasteiger charge is -1.98. The molecule has 0 fully saturated rings. The second-order valence-electron chi connectivity index (χ2n) is 4.89. The number of alkyl halides is 1. The first-order valence-corrected chi connectivity index (χ1v) is 9.45. The second-order valence-corrected chi connectivity index (χ2v) is 5.97. The van der Waals surface area contributed by atoms with Crippen LogP contribution in [0.25, 0.3) is 0 Å². The van der Waals surface area contributed by atoms with E-state index in [1.807, 2.05) is 0 Å². The number of hydrogen-bond acceptors (Lipinski definition) is 0. The van der Waals surface area contributed by atoms with Gasteiger partial charge in [-0.15, -0.1) is 0 Å². The van der Waals surface area contributed by atoms with Crippen LogP contribution in [0.5, 0.6) is 0 Å². The summed E-state index contributed by atoms with van der Waals surface area (Å²) in [4.78, 5) is 0. The molecular formula is C18H31I. The summed E-state index contributed by atoms with van der Waals surface area (Å²) in [6, 6.07) is 0. The van der Waals surface area contributed by atoms with E-state index >= 15 is 0 Å². The van der Waals surface area contributed by atoms with E-state index < -0.39 is 0 Å². The van der Waals surface area contributed by atoms with E-state index in [9.17, 15) is 0 Å². The van der Waals surface area contributed by atoms with Crippen molar-refractivity contribution in [3.8, 4) is 0 Å². The minimum Gasteiger partial charge on any atom is -0.0885 e. The fourth-order valence-corrected chi connectivity index (χ4v) is 2.43. The SMILES string of the molecule is CC/C=C\C/C=C\C/C=C\CCCCCCCCI. The van der Waals surface area contributed by atoms with Crippen LogP contribution in [0, 0.1) is 0 Å². The second kappa shape index (κ2) is 17.9. The molecule has 0 heterocycles. The molecule has 0 radical (unpaired) electrons. The van der Waals surface area contributed by atoms with Crippen molar-refractivity contribution in [2.75, 3.05) is 4.43 Å². The standard InChI is InChI=1S/C18H31I/c1-2-3-4-5-6-7-8-9-10-11-12-13-14-15-16-17-18-19/h3-4,6-7,9-10H,2,5,8,11-18H2,1H3/b4-3-,7-6-,10-9-. The summed E-state index contributed by atoms with van der Waals surface area (Å²) in [7, 11) is 0. The van der Waals surface area contributed by atoms with Gasteiger partial charge in [-0.05, 0) is 43.0 Å². The van der Waals surface area contributed by atoms with Crippen LogP contribution in [-0.4, -0.2) is 4.43 Å². The summed E-state index contributed by atoms with van der Waals surface area (Å²) in [5, 5.41) is 0. The normalized spacial score (nSPS) is 12.3. The van der Waals surface area contributed by atoms with E-state index in [4.69, 9.17) is 0 Å². The monoisotopic (exact) mass is 374 g/mol. The van der Waals surface area contributed by atoms with Gasteiger partial charge in [0.2, 0.25) is 0 Å². The smallest absolute Gasteiger partial charge is 0.000473 e. The van der Waals surface area contributed by atoms with E-state index in [2.05, 4.69) is 66.0 Å². The summed E-state index contributed by atoms with van der Waals surface area (Å²) in [5.74, 6) is 0. The van der Waals surface area contributed by atoms with Gasteiger partial charge in [-0.25, -0.2) is 0 Å². The molecule has 0 saturated heterocycles. The predicted molar refractivity (Wildman–Crippen MR) is 98.2 cm³/mol. The molecule has 0 aromatic carbocycles. The average molecular weight is 374 g/mol. The third-order valence-corrected chi connectivity index (χ3v) is 3.80. The minimum atomic E-state index is 1.08. The Kier molecular flexibility index (Phi) is 17.9. The molecule has 0 aliphatic rings.